The van der Waals surface area contributed by atoms with Gasteiger partial charge in [0.05, 0.1) is 38.6 Å². The van der Waals surface area contributed by atoms with Gasteiger partial charge in [0.15, 0.2) is 5.82 Å². The molecule has 2 amide bonds. The second kappa shape index (κ2) is 19.4. The Labute approximate surface area is 379 Å². The minimum Gasteiger partial charge on any atom is -0.474 e. The first-order valence-corrected chi connectivity index (χ1v) is 24.9. The van der Waals surface area contributed by atoms with E-state index in [1.807, 2.05) is 32.9 Å². The van der Waals surface area contributed by atoms with E-state index in [4.69, 9.17) is 14.7 Å². The minimum atomic E-state index is -3.71. The van der Waals surface area contributed by atoms with Crippen LogP contribution in [0, 0.1) is 11.7 Å². The molecule has 0 unspecified atom stereocenters. The average Bonchev–Trinajstić information content (AvgIpc) is 3.73. The summed E-state index contributed by atoms with van der Waals surface area (Å²) in [5.41, 5.74) is 3.71. The second-order valence-corrected chi connectivity index (χ2v) is 21.2. The first-order valence-electron chi connectivity index (χ1n) is 22.4. The fraction of sp³-hybridized carbons (Fsp3) is 0.458. The lowest BCUT2D eigenvalue weighted by Gasteiger charge is -2.36. The fourth-order valence-corrected chi connectivity index (χ4v) is 11.1. The molecule has 1 saturated carbocycles. The van der Waals surface area contributed by atoms with E-state index in [-0.39, 0.29) is 46.3 Å². The SMILES string of the molecule is CCCS(=O)(=O)Nc1cccc(-c2nc(C(C)(C)C)sc2-c2ccnc(Nc3ccc(C4CCN(CC5CCC(Oc6ccc([C@@H]7CCC(=O)NC7=O)cn6)CC5)CC4)cc3)n2)c1F. The Morgan fingerprint density at radius 2 is 1.66 bits per heavy atom. The molecule has 2 aromatic carbocycles. The highest BCUT2D eigenvalue weighted by Crippen LogP contribution is 2.42. The number of carbonyl (C=O) groups excluding carboxylic acids is 2. The number of benzene rings is 2. The number of ether oxygens (including phenoxy) is 1. The number of thiazole rings is 1. The minimum absolute atomic E-state index is 0.109. The summed E-state index contributed by atoms with van der Waals surface area (Å²) in [5, 5.41) is 6.56. The van der Waals surface area contributed by atoms with Crippen LogP contribution in [0.1, 0.15) is 113 Å². The lowest BCUT2D eigenvalue weighted by molar-refractivity contribution is -0.134. The van der Waals surface area contributed by atoms with Crippen molar-refractivity contribution in [2.24, 2.45) is 5.92 Å². The van der Waals surface area contributed by atoms with Crippen LogP contribution in [0.5, 0.6) is 5.88 Å². The van der Waals surface area contributed by atoms with E-state index in [1.54, 1.807) is 37.5 Å². The Balaban J connectivity index is 0.835. The molecule has 3 aliphatic rings. The Kier molecular flexibility index (Phi) is 13.7. The summed E-state index contributed by atoms with van der Waals surface area (Å²) < 4.78 is 49.8. The number of aromatic nitrogens is 4. The quantitative estimate of drug-likeness (QED) is 0.0909. The van der Waals surface area contributed by atoms with Crippen molar-refractivity contribution < 1.29 is 27.1 Å². The number of piperidine rings is 2. The molecule has 8 rings (SSSR count). The normalized spacial score (nSPS) is 20.2. The highest BCUT2D eigenvalue weighted by molar-refractivity contribution is 7.92. The number of hydrogen-bond donors (Lipinski definition) is 3. The van der Waals surface area contributed by atoms with Crippen molar-refractivity contribution >= 4 is 50.5 Å². The van der Waals surface area contributed by atoms with Gasteiger partial charge in [-0.1, -0.05) is 52.0 Å². The molecule has 0 bridgehead atoms. The van der Waals surface area contributed by atoms with Crippen LogP contribution in [-0.2, 0) is 25.0 Å². The number of anilines is 3. The third-order valence-corrected chi connectivity index (χ3v) is 15.4. The van der Waals surface area contributed by atoms with E-state index >= 15 is 4.39 Å². The monoisotopic (exact) mass is 908 g/mol. The molecule has 0 radical (unpaired) electrons. The summed E-state index contributed by atoms with van der Waals surface area (Å²) in [6.45, 7) is 11.2. The third-order valence-electron chi connectivity index (χ3n) is 12.4. The number of amides is 2. The van der Waals surface area contributed by atoms with Crippen LogP contribution >= 0.6 is 11.3 Å². The predicted octanol–water partition coefficient (Wildman–Crippen LogP) is 9.33. The Morgan fingerprint density at radius 3 is 2.34 bits per heavy atom. The van der Waals surface area contributed by atoms with Crippen LogP contribution in [0.4, 0.5) is 21.7 Å². The van der Waals surface area contributed by atoms with Gasteiger partial charge in [-0.2, -0.15) is 0 Å². The van der Waals surface area contributed by atoms with Crippen molar-refractivity contribution in [1.82, 2.24) is 30.2 Å². The summed E-state index contributed by atoms with van der Waals surface area (Å²) in [4.78, 5) is 45.8. The van der Waals surface area contributed by atoms with Gasteiger partial charge in [-0.05, 0) is 118 Å². The molecule has 0 spiro atoms. The number of imide groups is 1. The lowest BCUT2D eigenvalue weighted by atomic mass is 9.85. The number of likely N-dealkylation sites (tertiary alicyclic amines) is 1. The fourth-order valence-electron chi connectivity index (χ4n) is 8.89. The zero-order valence-electron chi connectivity index (χ0n) is 36.9. The van der Waals surface area contributed by atoms with E-state index < -0.39 is 15.8 Å². The van der Waals surface area contributed by atoms with Crippen molar-refractivity contribution in [3.63, 3.8) is 0 Å². The van der Waals surface area contributed by atoms with Crippen LogP contribution in [0.25, 0.3) is 21.8 Å². The first-order chi connectivity index (χ1) is 30.7. The number of hydrogen-bond acceptors (Lipinski definition) is 12. The van der Waals surface area contributed by atoms with Gasteiger partial charge in [-0.3, -0.25) is 19.6 Å². The maximum Gasteiger partial charge on any atom is 0.234 e. The number of nitrogens with zero attached hydrogens (tertiary/aromatic N) is 5. The van der Waals surface area contributed by atoms with Crippen molar-refractivity contribution in [1.29, 1.82) is 0 Å². The van der Waals surface area contributed by atoms with E-state index in [2.05, 4.69) is 54.5 Å². The van der Waals surface area contributed by atoms with E-state index in [0.717, 1.165) is 74.4 Å². The van der Waals surface area contributed by atoms with Crippen LogP contribution in [0.2, 0.25) is 0 Å². The molecule has 5 aromatic rings. The first kappa shape index (κ1) is 45.3. The molecule has 5 heterocycles. The van der Waals surface area contributed by atoms with Gasteiger partial charge in [-0.15, -0.1) is 11.3 Å². The molecule has 3 aromatic heterocycles. The number of rotatable bonds is 14. The lowest BCUT2D eigenvalue weighted by Crippen LogP contribution is -2.39. The van der Waals surface area contributed by atoms with Crippen molar-refractivity contribution in [3.05, 3.63) is 95.0 Å². The molecule has 16 heteroatoms. The van der Waals surface area contributed by atoms with Gasteiger partial charge in [0, 0.05) is 48.1 Å². The summed E-state index contributed by atoms with van der Waals surface area (Å²) in [6, 6.07) is 18.7. The van der Waals surface area contributed by atoms with Crippen molar-refractivity contribution in [2.45, 2.75) is 109 Å². The maximum atomic E-state index is 16.1. The van der Waals surface area contributed by atoms with E-state index in [1.165, 1.54) is 23.0 Å². The van der Waals surface area contributed by atoms with Gasteiger partial charge in [-0.25, -0.2) is 32.7 Å². The topological polar surface area (TPSA) is 168 Å². The largest absolute Gasteiger partial charge is 0.474 e. The average molecular weight is 909 g/mol. The maximum absolute atomic E-state index is 16.1. The third kappa shape index (κ3) is 10.9. The van der Waals surface area contributed by atoms with Gasteiger partial charge >= 0.3 is 0 Å². The number of halogens is 1. The number of nitrogens with one attached hydrogen (secondary N) is 3. The molecule has 2 aliphatic heterocycles. The van der Waals surface area contributed by atoms with Gasteiger partial charge in [0.2, 0.25) is 33.7 Å². The Morgan fingerprint density at radius 1 is 0.906 bits per heavy atom. The second-order valence-electron chi connectivity index (χ2n) is 18.3. The number of carbonyl (C=O) groups is 2. The molecule has 3 fully saturated rings. The number of sulfonamides is 1. The number of pyridine rings is 1. The summed E-state index contributed by atoms with van der Waals surface area (Å²) in [7, 11) is -3.71. The molecular weight excluding hydrogens is 852 g/mol. The van der Waals surface area contributed by atoms with Crippen LogP contribution in [-0.4, -0.2) is 76.6 Å². The van der Waals surface area contributed by atoms with Crippen molar-refractivity contribution in [3.8, 4) is 27.7 Å². The Bertz CT molecular complexity index is 2550. The molecule has 1 atom stereocenters. The van der Waals surface area contributed by atoms with E-state index in [9.17, 15) is 18.0 Å². The van der Waals surface area contributed by atoms with Gasteiger partial charge in [0.25, 0.3) is 0 Å². The highest BCUT2D eigenvalue weighted by atomic mass is 32.2. The van der Waals surface area contributed by atoms with Crippen LogP contribution in [0.15, 0.2) is 73.1 Å². The summed E-state index contributed by atoms with van der Waals surface area (Å²) in [6.07, 6.45) is 11.2. The Hall–Kier alpha value is -5.32. The standard InChI is InChI=1S/C48H57FN8O5S2/c1-5-27-64(60,61)56-38-8-6-7-37(42(38)49)43-44(63-46(55-43)48(2,3)4)39-21-24-50-47(53-39)52-34-14-11-31(12-15-34)32-22-25-57(26-23-32)29-30-9-16-35(17-10-30)62-41-20-13-33(28-51-41)36-18-19-40(58)54-45(36)59/h6-8,11-15,20-21,24,28,30,32,35-36,56H,5,9-10,16-19,22-23,25-27,29H2,1-4H3,(H,50,52,53)(H,54,58,59)/t30?,35?,36-/m0/s1. The van der Waals surface area contributed by atoms with Crippen LogP contribution < -0.4 is 20.1 Å². The smallest absolute Gasteiger partial charge is 0.234 e. The summed E-state index contributed by atoms with van der Waals surface area (Å²) >= 11 is 1.44. The molecular formula is C48H57FN8O5S2. The molecule has 338 valence electrons. The molecule has 3 N–H and O–H groups in total. The summed E-state index contributed by atoms with van der Waals surface area (Å²) in [5.74, 6) is 0.507. The molecule has 2 saturated heterocycles. The van der Waals surface area contributed by atoms with Crippen LogP contribution in [0.3, 0.4) is 0 Å². The zero-order chi connectivity index (χ0) is 45.0. The van der Waals surface area contributed by atoms with E-state index in [0.29, 0.717) is 59.2 Å². The molecule has 64 heavy (non-hydrogen) atoms. The highest BCUT2D eigenvalue weighted by Gasteiger charge is 2.31. The molecule has 13 nitrogen and oxygen atoms in total. The van der Waals surface area contributed by atoms with Gasteiger partial charge < -0.3 is 15.0 Å². The molecule has 1 aliphatic carbocycles. The van der Waals surface area contributed by atoms with Gasteiger partial charge in [0.1, 0.15) is 6.10 Å². The van der Waals surface area contributed by atoms with Crippen molar-refractivity contribution in [2.75, 3.05) is 35.4 Å². The zero-order valence-corrected chi connectivity index (χ0v) is 38.5. The predicted molar refractivity (Wildman–Crippen MR) is 249 cm³/mol.